The molecule has 1 heterocycles. The Balaban J connectivity index is 2.29. The summed E-state index contributed by atoms with van der Waals surface area (Å²) in [6.45, 7) is 4.02. The number of amides is 1. The maximum Gasteiger partial charge on any atom is 0.236 e. The van der Waals surface area contributed by atoms with Gasteiger partial charge in [0.25, 0.3) is 0 Å². The lowest BCUT2D eigenvalue weighted by atomic mass is 9.82. The molecule has 1 fully saturated rings. The summed E-state index contributed by atoms with van der Waals surface area (Å²) in [5, 5.41) is 0.257. The van der Waals surface area contributed by atoms with E-state index in [0.717, 1.165) is 5.69 Å². The predicted molar refractivity (Wildman–Crippen MR) is 65.0 cm³/mol. The van der Waals surface area contributed by atoms with E-state index in [4.69, 9.17) is 0 Å². The quantitative estimate of drug-likeness (QED) is 0.716. The molecule has 80 valence electrons. The Morgan fingerprint density at radius 1 is 1.27 bits per heavy atom. The lowest BCUT2D eigenvalue weighted by Gasteiger charge is -2.51. The number of rotatable bonds is 2. The van der Waals surface area contributed by atoms with Crippen molar-refractivity contribution >= 4 is 23.4 Å². The fraction of sp³-hybridized carbons (Fsp3) is 0.417. The van der Waals surface area contributed by atoms with Crippen LogP contribution in [0.4, 0.5) is 5.69 Å². The molecule has 0 N–H and O–H groups in total. The summed E-state index contributed by atoms with van der Waals surface area (Å²) in [7, 11) is 0. The van der Waals surface area contributed by atoms with Gasteiger partial charge >= 0.3 is 0 Å². The molecular weight excluding hydrogens is 206 g/mol. The monoisotopic (exact) mass is 221 g/mol. The number of thioether (sulfide) groups is 1. The van der Waals surface area contributed by atoms with E-state index in [-0.39, 0.29) is 16.7 Å². The van der Waals surface area contributed by atoms with Crippen molar-refractivity contribution < 1.29 is 4.79 Å². The number of nitrogens with zero attached hydrogens (tertiary/aromatic N) is 1. The van der Waals surface area contributed by atoms with Crippen LogP contribution in [-0.2, 0) is 4.79 Å². The highest BCUT2D eigenvalue weighted by molar-refractivity contribution is 7.99. The number of para-hydroxylation sites is 1. The van der Waals surface area contributed by atoms with Gasteiger partial charge in [0.05, 0.1) is 10.8 Å². The van der Waals surface area contributed by atoms with Crippen LogP contribution in [0.3, 0.4) is 0 Å². The summed E-state index contributed by atoms with van der Waals surface area (Å²) in [4.78, 5) is 13.8. The highest BCUT2D eigenvalue weighted by Crippen LogP contribution is 2.46. The molecule has 0 spiro atoms. The predicted octanol–water partition coefficient (Wildman–Crippen LogP) is 2.75. The van der Waals surface area contributed by atoms with Crippen LogP contribution >= 0.6 is 11.8 Å². The lowest BCUT2D eigenvalue weighted by Crippen LogP contribution is -2.65. The second-order valence-electron chi connectivity index (χ2n) is 4.32. The fourth-order valence-corrected chi connectivity index (χ4v) is 3.14. The summed E-state index contributed by atoms with van der Waals surface area (Å²) < 4.78 is 0. The normalized spacial score (nSPS) is 23.8. The smallest absolute Gasteiger partial charge is 0.236 e. The van der Waals surface area contributed by atoms with E-state index in [1.165, 1.54) is 0 Å². The van der Waals surface area contributed by atoms with Crippen molar-refractivity contribution in [3.63, 3.8) is 0 Å². The van der Waals surface area contributed by atoms with Gasteiger partial charge in [-0.25, -0.2) is 0 Å². The third-order valence-electron chi connectivity index (χ3n) is 2.88. The van der Waals surface area contributed by atoms with Crippen molar-refractivity contribution in [3.8, 4) is 0 Å². The first-order valence-corrected chi connectivity index (χ1v) is 6.29. The van der Waals surface area contributed by atoms with Gasteiger partial charge in [-0.3, -0.25) is 9.69 Å². The summed E-state index contributed by atoms with van der Waals surface area (Å²) in [6, 6.07) is 9.86. The lowest BCUT2D eigenvalue weighted by molar-refractivity contribution is -0.133. The van der Waals surface area contributed by atoms with Crippen molar-refractivity contribution in [2.75, 3.05) is 11.2 Å². The first-order chi connectivity index (χ1) is 7.09. The van der Waals surface area contributed by atoms with E-state index in [1.54, 1.807) is 11.8 Å². The molecule has 0 saturated carbocycles. The molecular formula is C12H15NOS. The Morgan fingerprint density at radius 3 is 2.40 bits per heavy atom. The number of carbonyl (C=O) groups is 1. The molecule has 1 aliphatic heterocycles. The molecule has 2 nitrogen and oxygen atoms in total. The van der Waals surface area contributed by atoms with Crippen molar-refractivity contribution in [1.29, 1.82) is 0 Å². The molecule has 0 aromatic heterocycles. The van der Waals surface area contributed by atoms with Crippen LogP contribution < -0.4 is 4.90 Å². The number of hydrogen-bond acceptors (Lipinski definition) is 2. The van der Waals surface area contributed by atoms with E-state index in [0.29, 0.717) is 0 Å². The molecule has 0 bridgehead atoms. The molecule has 15 heavy (non-hydrogen) atoms. The zero-order chi connectivity index (χ0) is 11.1. The van der Waals surface area contributed by atoms with E-state index < -0.39 is 0 Å². The molecule has 1 aromatic carbocycles. The topological polar surface area (TPSA) is 20.3 Å². The van der Waals surface area contributed by atoms with Crippen molar-refractivity contribution in [2.24, 2.45) is 5.41 Å². The summed E-state index contributed by atoms with van der Waals surface area (Å²) in [5.74, 6) is 0.216. The summed E-state index contributed by atoms with van der Waals surface area (Å²) >= 11 is 1.73. The Kier molecular flexibility index (Phi) is 2.51. The molecule has 1 amide bonds. The van der Waals surface area contributed by atoms with Gasteiger partial charge in [0.2, 0.25) is 5.91 Å². The minimum absolute atomic E-state index is 0.216. The third-order valence-corrected chi connectivity index (χ3v) is 4.13. The zero-order valence-electron chi connectivity index (χ0n) is 9.23. The Labute approximate surface area is 94.7 Å². The van der Waals surface area contributed by atoms with Crippen molar-refractivity contribution in [3.05, 3.63) is 30.3 Å². The molecule has 1 aromatic rings. The van der Waals surface area contributed by atoms with Crippen LogP contribution in [0.25, 0.3) is 0 Å². The van der Waals surface area contributed by atoms with E-state index in [2.05, 4.69) is 6.26 Å². The van der Waals surface area contributed by atoms with Crippen LogP contribution in [0.1, 0.15) is 13.8 Å². The van der Waals surface area contributed by atoms with Gasteiger partial charge in [0.1, 0.15) is 0 Å². The van der Waals surface area contributed by atoms with Crippen LogP contribution in [0, 0.1) is 5.41 Å². The molecule has 0 radical (unpaired) electrons. The average Bonchev–Trinajstić information content (AvgIpc) is 2.25. The van der Waals surface area contributed by atoms with Gasteiger partial charge in [-0.2, -0.15) is 0 Å². The molecule has 1 saturated heterocycles. The number of benzene rings is 1. The van der Waals surface area contributed by atoms with Gasteiger partial charge in [-0.15, -0.1) is 11.8 Å². The SMILES string of the molecule is CSC1N(c2ccccc2)C(=O)C1(C)C. The van der Waals surface area contributed by atoms with Gasteiger partial charge in [0.15, 0.2) is 0 Å². The minimum atomic E-state index is -0.227. The summed E-state index contributed by atoms with van der Waals surface area (Å²) in [6.07, 6.45) is 2.05. The molecule has 2 rings (SSSR count). The molecule has 3 heteroatoms. The minimum Gasteiger partial charge on any atom is -0.298 e. The summed E-state index contributed by atoms with van der Waals surface area (Å²) in [5.41, 5.74) is 0.774. The first kappa shape index (κ1) is 10.6. The highest BCUT2D eigenvalue weighted by Gasteiger charge is 2.54. The van der Waals surface area contributed by atoms with Gasteiger partial charge < -0.3 is 0 Å². The average molecular weight is 221 g/mol. The molecule has 0 aliphatic carbocycles. The molecule has 1 unspecified atom stereocenters. The number of carbonyl (C=O) groups excluding carboxylic acids is 1. The highest BCUT2D eigenvalue weighted by atomic mass is 32.2. The maximum atomic E-state index is 12.0. The largest absolute Gasteiger partial charge is 0.298 e. The van der Waals surface area contributed by atoms with Crippen molar-refractivity contribution in [1.82, 2.24) is 0 Å². The number of hydrogen-bond donors (Lipinski definition) is 0. The van der Waals surface area contributed by atoms with Crippen LogP contribution in [0.5, 0.6) is 0 Å². The van der Waals surface area contributed by atoms with Crippen LogP contribution in [-0.4, -0.2) is 17.5 Å². The van der Waals surface area contributed by atoms with E-state index >= 15 is 0 Å². The zero-order valence-corrected chi connectivity index (χ0v) is 10.0. The Morgan fingerprint density at radius 2 is 1.87 bits per heavy atom. The fourth-order valence-electron chi connectivity index (χ4n) is 2.02. The van der Waals surface area contributed by atoms with Gasteiger partial charge in [-0.1, -0.05) is 18.2 Å². The van der Waals surface area contributed by atoms with Gasteiger partial charge in [0, 0.05) is 5.69 Å². The van der Waals surface area contributed by atoms with Crippen molar-refractivity contribution in [2.45, 2.75) is 19.2 Å². The van der Waals surface area contributed by atoms with Crippen LogP contribution in [0.15, 0.2) is 30.3 Å². The first-order valence-electron chi connectivity index (χ1n) is 5.00. The van der Waals surface area contributed by atoms with E-state index in [9.17, 15) is 4.79 Å². The molecule has 1 atom stereocenters. The standard InChI is InChI=1S/C12H15NOS/c1-12(2)10(14)13(11(12)15-3)9-7-5-4-6-8-9/h4-8,11H,1-3H3. The van der Waals surface area contributed by atoms with Gasteiger partial charge in [-0.05, 0) is 32.2 Å². The Hall–Kier alpha value is -0.960. The third kappa shape index (κ3) is 1.46. The number of β-lactam (4-membered cyclic amide) rings is 1. The maximum absolute atomic E-state index is 12.0. The van der Waals surface area contributed by atoms with Crippen LogP contribution in [0.2, 0.25) is 0 Å². The number of anilines is 1. The Bertz CT molecular complexity index is 374. The second kappa shape index (κ2) is 3.56. The second-order valence-corrected chi connectivity index (χ2v) is 5.24. The van der Waals surface area contributed by atoms with E-state index in [1.807, 2.05) is 49.1 Å². The molecule has 1 aliphatic rings.